The molecule has 3 N–H and O–H groups in total. The van der Waals surface area contributed by atoms with Crippen molar-refractivity contribution in [3.63, 3.8) is 0 Å². The quantitative estimate of drug-likeness (QED) is 0.675. The molecule has 0 saturated carbocycles. The summed E-state index contributed by atoms with van der Waals surface area (Å²) in [5.41, 5.74) is 5.40. The van der Waals surface area contributed by atoms with E-state index < -0.39 is 17.2 Å². The van der Waals surface area contributed by atoms with Crippen LogP contribution in [0, 0.1) is 13.8 Å². The van der Waals surface area contributed by atoms with Crippen molar-refractivity contribution in [2.75, 3.05) is 0 Å². The SMILES string of the molecule is Cc1ccc(C)c(C(NN)c2cnc(C(F)(F)F)s2)c1. The molecule has 1 heterocycles. The summed E-state index contributed by atoms with van der Waals surface area (Å²) in [6.45, 7) is 3.81. The van der Waals surface area contributed by atoms with Gasteiger partial charge in [-0.1, -0.05) is 23.8 Å². The summed E-state index contributed by atoms with van der Waals surface area (Å²) in [5.74, 6) is 5.52. The summed E-state index contributed by atoms with van der Waals surface area (Å²) in [6, 6.07) is 5.27. The van der Waals surface area contributed by atoms with Gasteiger partial charge in [0.2, 0.25) is 0 Å². The zero-order valence-electron chi connectivity index (χ0n) is 11.0. The van der Waals surface area contributed by atoms with E-state index in [2.05, 4.69) is 10.4 Å². The number of alkyl halides is 3. The summed E-state index contributed by atoms with van der Waals surface area (Å²) in [7, 11) is 0. The van der Waals surface area contributed by atoms with Gasteiger partial charge in [0.05, 0.1) is 6.04 Å². The first-order chi connectivity index (χ1) is 9.32. The van der Waals surface area contributed by atoms with E-state index in [0.717, 1.165) is 16.7 Å². The van der Waals surface area contributed by atoms with Gasteiger partial charge in [-0.25, -0.2) is 10.4 Å². The Bertz CT molecular complexity index is 607. The van der Waals surface area contributed by atoms with Crippen LogP contribution in [-0.2, 0) is 6.18 Å². The number of benzene rings is 1. The molecular weight excluding hydrogens is 287 g/mol. The Hall–Kier alpha value is -1.44. The standard InChI is InChI=1S/C13H14F3N3S/c1-7-3-4-8(2)9(5-7)11(19-17)10-6-18-12(20-10)13(14,15)16/h3-6,11,19H,17H2,1-2H3. The molecule has 0 amide bonds. The summed E-state index contributed by atoms with van der Waals surface area (Å²) >= 11 is 0.603. The van der Waals surface area contributed by atoms with Gasteiger partial charge in [-0.2, -0.15) is 13.2 Å². The highest BCUT2D eigenvalue weighted by Crippen LogP contribution is 2.36. The number of nitrogens with zero attached hydrogens (tertiary/aromatic N) is 1. The van der Waals surface area contributed by atoms with E-state index in [-0.39, 0.29) is 0 Å². The average molecular weight is 301 g/mol. The summed E-state index contributed by atoms with van der Waals surface area (Å²) in [6.07, 6.45) is -3.20. The number of nitrogens with one attached hydrogen (secondary N) is 1. The molecule has 0 radical (unpaired) electrons. The van der Waals surface area contributed by atoms with Crippen molar-refractivity contribution < 1.29 is 13.2 Å². The second-order valence-corrected chi connectivity index (χ2v) is 5.59. The molecule has 108 valence electrons. The van der Waals surface area contributed by atoms with Crippen LogP contribution in [0.15, 0.2) is 24.4 Å². The zero-order chi connectivity index (χ0) is 14.9. The summed E-state index contributed by atoms with van der Waals surface area (Å²) in [5, 5.41) is -0.863. The molecule has 2 aromatic rings. The smallest absolute Gasteiger partial charge is 0.271 e. The van der Waals surface area contributed by atoms with Crippen molar-refractivity contribution >= 4 is 11.3 Å². The lowest BCUT2D eigenvalue weighted by Gasteiger charge is -2.17. The number of thiazole rings is 1. The van der Waals surface area contributed by atoms with Crippen molar-refractivity contribution in [3.05, 3.63) is 51.0 Å². The minimum Gasteiger partial charge on any atom is -0.271 e. The predicted molar refractivity (Wildman–Crippen MR) is 72.2 cm³/mol. The fourth-order valence-electron chi connectivity index (χ4n) is 1.95. The largest absolute Gasteiger partial charge is 0.443 e. The van der Waals surface area contributed by atoms with Crippen LogP contribution in [0.5, 0.6) is 0 Å². The van der Waals surface area contributed by atoms with Gasteiger partial charge in [0.15, 0.2) is 5.01 Å². The minimum atomic E-state index is -4.43. The lowest BCUT2D eigenvalue weighted by Crippen LogP contribution is -2.28. The third kappa shape index (κ3) is 3.00. The van der Waals surface area contributed by atoms with E-state index >= 15 is 0 Å². The molecule has 3 nitrogen and oxygen atoms in total. The molecule has 0 bridgehead atoms. The molecule has 1 aromatic heterocycles. The van der Waals surface area contributed by atoms with Crippen LogP contribution in [0.4, 0.5) is 13.2 Å². The highest BCUT2D eigenvalue weighted by atomic mass is 32.1. The molecule has 20 heavy (non-hydrogen) atoms. The molecule has 0 aliphatic rings. The van der Waals surface area contributed by atoms with Crippen LogP contribution in [0.1, 0.15) is 32.6 Å². The van der Waals surface area contributed by atoms with Crippen molar-refractivity contribution in [2.45, 2.75) is 26.1 Å². The van der Waals surface area contributed by atoms with Gasteiger partial charge < -0.3 is 0 Å². The van der Waals surface area contributed by atoms with Crippen molar-refractivity contribution in [3.8, 4) is 0 Å². The number of halogens is 3. The molecule has 0 aliphatic carbocycles. The van der Waals surface area contributed by atoms with Crippen LogP contribution >= 0.6 is 11.3 Å². The van der Waals surface area contributed by atoms with E-state index in [9.17, 15) is 13.2 Å². The monoisotopic (exact) mass is 301 g/mol. The van der Waals surface area contributed by atoms with Crippen molar-refractivity contribution in [2.24, 2.45) is 5.84 Å². The van der Waals surface area contributed by atoms with E-state index in [1.807, 2.05) is 32.0 Å². The topological polar surface area (TPSA) is 50.9 Å². The average Bonchev–Trinajstić information content (AvgIpc) is 2.84. The van der Waals surface area contributed by atoms with Gasteiger partial charge in [0, 0.05) is 11.1 Å². The van der Waals surface area contributed by atoms with Crippen LogP contribution < -0.4 is 11.3 Å². The van der Waals surface area contributed by atoms with Crippen molar-refractivity contribution in [1.82, 2.24) is 10.4 Å². The molecular formula is C13H14F3N3S. The van der Waals surface area contributed by atoms with Gasteiger partial charge in [-0.3, -0.25) is 5.84 Å². The highest BCUT2D eigenvalue weighted by molar-refractivity contribution is 7.11. The number of hydrazine groups is 1. The highest BCUT2D eigenvalue weighted by Gasteiger charge is 2.35. The number of hydrogen-bond donors (Lipinski definition) is 2. The molecule has 2 rings (SSSR count). The second-order valence-electron chi connectivity index (χ2n) is 4.53. The lowest BCUT2D eigenvalue weighted by molar-refractivity contribution is -0.137. The molecule has 1 unspecified atom stereocenters. The Labute approximate surface area is 118 Å². The molecule has 0 fully saturated rings. The molecule has 0 spiro atoms. The van der Waals surface area contributed by atoms with Gasteiger partial charge in [-0.05, 0) is 25.0 Å². The van der Waals surface area contributed by atoms with Crippen LogP contribution in [0.25, 0.3) is 0 Å². The van der Waals surface area contributed by atoms with Crippen LogP contribution in [-0.4, -0.2) is 4.98 Å². The Morgan fingerprint density at radius 2 is 2.00 bits per heavy atom. The molecule has 1 atom stereocenters. The number of nitrogens with two attached hydrogens (primary N) is 1. The Morgan fingerprint density at radius 3 is 2.55 bits per heavy atom. The van der Waals surface area contributed by atoms with Crippen molar-refractivity contribution in [1.29, 1.82) is 0 Å². The molecule has 0 saturated heterocycles. The second kappa shape index (κ2) is 5.51. The third-order valence-electron chi connectivity index (χ3n) is 2.96. The number of rotatable bonds is 3. The van der Waals surface area contributed by atoms with E-state index in [1.165, 1.54) is 6.20 Å². The van der Waals surface area contributed by atoms with Gasteiger partial charge in [0.1, 0.15) is 0 Å². The van der Waals surface area contributed by atoms with Gasteiger partial charge in [-0.15, -0.1) is 11.3 Å². The first-order valence-corrected chi connectivity index (χ1v) is 6.70. The predicted octanol–water partition coefficient (Wildman–Crippen LogP) is 3.33. The number of aromatic nitrogens is 1. The Morgan fingerprint density at radius 1 is 1.30 bits per heavy atom. The molecule has 7 heteroatoms. The summed E-state index contributed by atoms with van der Waals surface area (Å²) in [4.78, 5) is 3.87. The molecule has 1 aromatic carbocycles. The van der Waals surface area contributed by atoms with Crippen LogP contribution in [0.2, 0.25) is 0 Å². The van der Waals surface area contributed by atoms with E-state index in [1.54, 1.807) is 0 Å². The first kappa shape index (κ1) is 15.0. The van der Waals surface area contributed by atoms with E-state index in [4.69, 9.17) is 5.84 Å². The minimum absolute atomic E-state index is 0.438. The Kier molecular flexibility index (Phi) is 4.12. The fourth-order valence-corrected chi connectivity index (χ4v) is 2.81. The first-order valence-electron chi connectivity index (χ1n) is 5.89. The number of aryl methyl sites for hydroxylation is 2. The molecule has 0 aliphatic heterocycles. The zero-order valence-corrected chi connectivity index (χ0v) is 11.8. The maximum Gasteiger partial charge on any atom is 0.443 e. The summed E-state index contributed by atoms with van der Waals surface area (Å²) < 4.78 is 37.8. The lowest BCUT2D eigenvalue weighted by atomic mass is 9.98. The number of hydrogen-bond acceptors (Lipinski definition) is 4. The fraction of sp³-hybridized carbons (Fsp3) is 0.308. The Balaban J connectivity index is 2.42. The van der Waals surface area contributed by atoms with E-state index in [0.29, 0.717) is 16.2 Å². The normalized spacial score (nSPS) is 13.5. The van der Waals surface area contributed by atoms with Gasteiger partial charge in [0.25, 0.3) is 0 Å². The van der Waals surface area contributed by atoms with Gasteiger partial charge >= 0.3 is 6.18 Å². The maximum absolute atomic E-state index is 12.6. The third-order valence-corrected chi connectivity index (χ3v) is 4.07. The van der Waals surface area contributed by atoms with Crippen LogP contribution in [0.3, 0.4) is 0 Å². The maximum atomic E-state index is 12.6.